The van der Waals surface area contributed by atoms with E-state index in [2.05, 4.69) is 5.32 Å². The minimum absolute atomic E-state index is 0.0208. The van der Waals surface area contributed by atoms with Crippen LogP contribution in [0.15, 0.2) is 0 Å². The molecule has 0 saturated heterocycles. The van der Waals surface area contributed by atoms with Crippen molar-refractivity contribution in [2.45, 2.75) is 51.7 Å². The first-order valence-corrected chi connectivity index (χ1v) is 8.45. The van der Waals surface area contributed by atoms with Gasteiger partial charge >= 0.3 is 6.09 Å². The van der Waals surface area contributed by atoms with E-state index in [0.29, 0.717) is 6.42 Å². The van der Waals surface area contributed by atoms with Gasteiger partial charge in [-0.25, -0.2) is 13.2 Å². The fourth-order valence-electron chi connectivity index (χ4n) is 2.11. The number of carbonyl (C=O) groups excluding carboxylic acids is 1. The van der Waals surface area contributed by atoms with E-state index >= 15 is 0 Å². The third kappa shape index (κ3) is 6.44. The van der Waals surface area contributed by atoms with E-state index in [1.807, 2.05) is 0 Å². The first-order valence-electron chi connectivity index (χ1n) is 5.97. The fraction of sp³-hybridized carbons (Fsp3) is 0.909. The van der Waals surface area contributed by atoms with E-state index < -0.39 is 20.7 Å². The highest BCUT2D eigenvalue weighted by Crippen LogP contribution is 2.27. The van der Waals surface area contributed by atoms with E-state index in [-0.39, 0.29) is 17.7 Å². The summed E-state index contributed by atoms with van der Waals surface area (Å²) < 4.78 is 27.1. The minimum atomic E-state index is -3.46. The Morgan fingerprint density at radius 3 is 2.50 bits per heavy atom. The number of alkyl carbamates (subject to hydrolysis) is 1. The second-order valence-electron chi connectivity index (χ2n) is 5.73. The van der Waals surface area contributed by atoms with Gasteiger partial charge in [-0.05, 0) is 46.0 Å². The lowest BCUT2D eigenvalue weighted by atomic mass is 10.1. The summed E-state index contributed by atoms with van der Waals surface area (Å²) in [6, 6.07) is -0.0248. The predicted molar refractivity (Wildman–Crippen MR) is 70.1 cm³/mol. The molecule has 0 radical (unpaired) electrons. The number of amides is 1. The van der Waals surface area contributed by atoms with Crippen LogP contribution in [0.25, 0.3) is 0 Å². The summed E-state index contributed by atoms with van der Waals surface area (Å²) in [5.41, 5.74) is -0.526. The van der Waals surface area contributed by atoms with E-state index in [0.717, 1.165) is 12.8 Å². The van der Waals surface area contributed by atoms with Gasteiger partial charge < -0.3 is 10.1 Å². The highest BCUT2D eigenvalue weighted by atomic mass is 35.7. The molecule has 1 N–H and O–H groups in total. The van der Waals surface area contributed by atoms with Gasteiger partial charge in [0.1, 0.15) is 5.60 Å². The topological polar surface area (TPSA) is 72.5 Å². The quantitative estimate of drug-likeness (QED) is 0.811. The third-order valence-electron chi connectivity index (χ3n) is 2.70. The van der Waals surface area contributed by atoms with Crippen LogP contribution in [-0.4, -0.2) is 31.9 Å². The van der Waals surface area contributed by atoms with Crippen LogP contribution in [0.5, 0.6) is 0 Å². The Morgan fingerprint density at radius 2 is 2.00 bits per heavy atom. The largest absolute Gasteiger partial charge is 0.444 e. The molecule has 2 atom stereocenters. The van der Waals surface area contributed by atoms with Gasteiger partial charge in [0.2, 0.25) is 9.05 Å². The summed E-state index contributed by atoms with van der Waals surface area (Å²) in [5.74, 6) is -0.00596. The van der Waals surface area contributed by atoms with Gasteiger partial charge in [0, 0.05) is 16.7 Å². The van der Waals surface area contributed by atoms with Crippen LogP contribution in [-0.2, 0) is 13.8 Å². The first kappa shape index (κ1) is 15.6. The Kier molecular flexibility index (Phi) is 4.89. The maximum atomic E-state index is 11.5. The Balaban J connectivity index is 2.37. The van der Waals surface area contributed by atoms with Gasteiger partial charge in [-0.3, -0.25) is 0 Å². The zero-order valence-electron chi connectivity index (χ0n) is 10.9. The summed E-state index contributed by atoms with van der Waals surface area (Å²) in [7, 11) is 1.75. The van der Waals surface area contributed by atoms with Crippen molar-refractivity contribution in [2.75, 3.05) is 5.75 Å². The van der Waals surface area contributed by atoms with E-state index in [1.54, 1.807) is 20.8 Å². The molecule has 5 nitrogen and oxygen atoms in total. The molecule has 0 heterocycles. The van der Waals surface area contributed by atoms with Gasteiger partial charge in [-0.15, -0.1) is 0 Å². The lowest BCUT2D eigenvalue weighted by Crippen LogP contribution is -2.38. The molecule has 106 valence electrons. The normalized spacial score (nSPS) is 24.9. The second-order valence-corrected chi connectivity index (χ2v) is 8.55. The Labute approximate surface area is 113 Å². The fourth-order valence-corrected chi connectivity index (χ4v) is 3.51. The van der Waals surface area contributed by atoms with Crippen molar-refractivity contribution < 1.29 is 17.9 Å². The van der Waals surface area contributed by atoms with Crippen molar-refractivity contribution in [1.82, 2.24) is 5.32 Å². The summed E-state index contributed by atoms with van der Waals surface area (Å²) in [6.07, 6.45) is 1.69. The van der Waals surface area contributed by atoms with Crippen LogP contribution in [0.4, 0.5) is 4.79 Å². The van der Waals surface area contributed by atoms with Crippen molar-refractivity contribution in [3.8, 4) is 0 Å². The van der Waals surface area contributed by atoms with Gasteiger partial charge in [0.15, 0.2) is 0 Å². The summed E-state index contributed by atoms with van der Waals surface area (Å²) >= 11 is 0. The van der Waals surface area contributed by atoms with Gasteiger partial charge in [-0.1, -0.05) is 0 Å². The van der Waals surface area contributed by atoms with Crippen LogP contribution in [0.1, 0.15) is 40.0 Å². The van der Waals surface area contributed by atoms with Gasteiger partial charge in [-0.2, -0.15) is 0 Å². The summed E-state index contributed by atoms with van der Waals surface area (Å²) in [5, 5.41) is 2.75. The van der Waals surface area contributed by atoms with Gasteiger partial charge in [0.05, 0.1) is 5.75 Å². The molecular weight excluding hydrogens is 278 g/mol. The number of nitrogens with one attached hydrogen (secondary N) is 1. The first-order chi connectivity index (χ1) is 8.05. The molecule has 0 aromatic carbocycles. The molecule has 1 rings (SSSR count). The van der Waals surface area contributed by atoms with Crippen molar-refractivity contribution in [3.05, 3.63) is 0 Å². The summed E-state index contributed by atoms with van der Waals surface area (Å²) in [6.45, 7) is 5.39. The SMILES string of the molecule is CC(C)(C)OC(=O)N[C@@H]1CC[C@H](CS(=O)(=O)Cl)C1. The molecule has 0 bridgehead atoms. The molecule has 1 saturated carbocycles. The monoisotopic (exact) mass is 297 g/mol. The van der Waals surface area contributed by atoms with Crippen LogP contribution in [0, 0.1) is 5.92 Å². The van der Waals surface area contributed by atoms with Crippen LogP contribution >= 0.6 is 10.7 Å². The average Bonchev–Trinajstić information content (AvgIpc) is 2.44. The van der Waals surface area contributed by atoms with E-state index in [4.69, 9.17) is 15.4 Å². The van der Waals surface area contributed by atoms with Crippen LogP contribution in [0.3, 0.4) is 0 Å². The van der Waals surface area contributed by atoms with Crippen molar-refractivity contribution >= 4 is 25.8 Å². The lowest BCUT2D eigenvalue weighted by molar-refractivity contribution is 0.0505. The molecule has 1 aliphatic rings. The van der Waals surface area contributed by atoms with E-state index in [9.17, 15) is 13.2 Å². The average molecular weight is 298 g/mol. The highest BCUT2D eigenvalue weighted by molar-refractivity contribution is 8.13. The minimum Gasteiger partial charge on any atom is -0.444 e. The van der Waals surface area contributed by atoms with Crippen LogP contribution in [0.2, 0.25) is 0 Å². The molecular formula is C11H20ClNO4S. The smallest absolute Gasteiger partial charge is 0.407 e. The number of hydrogen-bond donors (Lipinski definition) is 1. The zero-order chi connectivity index (χ0) is 14.0. The van der Waals surface area contributed by atoms with Crippen LogP contribution < -0.4 is 5.32 Å². The molecule has 1 amide bonds. The summed E-state index contributed by atoms with van der Waals surface area (Å²) in [4.78, 5) is 11.5. The van der Waals surface area contributed by atoms with E-state index in [1.165, 1.54) is 0 Å². The molecule has 7 heteroatoms. The number of rotatable bonds is 3. The standard InChI is InChI=1S/C11H20ClNO4S/c1-11(2,3)17-10(14)13-9-5-4-8(6-9)7-18(12,15)16/h8-9H,4-7H2,1-3H3,(H,13,14)/t8-,9+/m0/s1. The lowest BCUT2D eigenvalue weighted by Gasteiger charge is -2.21. The molecule has 1 fully saturated rings. The molecule has 0 spiro atoms. The molecule has 18 heavy (non-hydrogen) atoms. The molecule has 0 unspecified atom stereocenters. The van der Waals surface area contributed by atoms with Crippen molar-refractivity contribution in [3.63, 3.8) is 0 Å². The van der Waals surface area contributed by atoms with Gasteiger partial charge in [0.25, 0.3) is 0 Å². The molecule has 0 aromatic heterocycles. The maximum Gasteiger partial charge on any atom is 0.407 e. The zero-order valence-corrected chi connectivity index (χ0v) is 12.5. The Hall–Kier alpha value is -0.490. The number of halogens is 1. The van der Waals surface area contributed by atoms with Crippen molar-refractivity contribution in [1.29, 1.82) is 0 Å². The third-order valence-corrected chi connectivity index (χ3v) is 3.94. The Morgan fingerprint density at radius 1 is 1.39 bits per heavy atom. The molecule has 0 aromatic rings. The second kappa shape index (κ2) is 5.65. The highest BCUT2D eigenvalue weighted by Gasteiger charge is 2.30. The molecule has 0 aliphatic heterocycles. The number of carbonyl (C=O) groups is 1. The maximum absolute atomic E-state index is 11.5. The van der Waals surface area contributed by atoms with Crippen molar-refractivity contribution in [2.24, 2.45) is 5.92 Å². The Bertz CT molecular complexity index is 402. The number of hydrogen-bond acceptors (Lipinski definition) is 4. The molecule has 1 aliphatic carbocycles. The number of ether oxygens (including phenoxy) is 1. The predicted octanol–water partition coefficient (Wildman–Crippen LogP) is 2.25.